The van der Waals surface area contributed by atoms with E-state index in [0.29, 0.717) is 37.5 Å². The van der Waals surface area contributed by atoms with Crippen LogP contribution in [-0.2, 0) is 22.7 Å². The number of allylic oxidation sites excluding steroid dienone is 4. The van der Waals surface area contributed by atoms with Crippen molar-refractivity contribution in [3.8, 4) is 11.5 Å². The van der Waals surface area contributed by atoms with E-state index in [4.69, 9.17) is 9.47 Å². The fraction of sp³-hybridized carbons (Fsp3) is 0.333. The number of carbonyl (C=O) groups excluding carboxylic acids is 2. The summed E-state index contributed by atoms with van der Waals surface area (Å²) in [7, 11) is 1.65. The van der Waals surface area contributed by atoms with Crippen LogP contribution < -0.4 is 9.47 Å². The molecule has 0 amide bonds. The zero-order chi connectivity index (χ0) is 29.4. The van der Waals surface area contributed by atoms with Crippen LogP contribution in [-0.4, -0.2) is 23.6 Å². The predicted octanol–water partition coefficient (Wildman–Crippen LogP) is 8.11. The molecule has 3 aliphatic rings. The smallest absolute Gasteiger partial charge is 0.174 e. The van der Waals surface area contributed by atoms with Gasteiger partial charge in [0.05, 0.1) is 10.7 Å². The zero-order valence-corrected chi connectivity index (χ0v) is 26.6. The van der Waals surface area contributed by atoms with Gasteiger partial charge in [0.15, 0.2) is 23.1 Å². The number of carbonyl (C=O) groups is 2. The Morgan fingerprint density at radius 1 is 0.810 bits per heavy atom. The molecule has 42 heavy (non-hydrogen) atoms. The first-order chi connectivity index (χ1) is 20.3. The van der Waals surface area contributed by atoms with Crippen molar-refractivity contribution in [3.05, 3.63) is 115 Å². The number of hydrogen-bond donors (Lipinski definition) is 0. The number of methoxy groups -OCH3 is 1. The van der Waals surface area contributed by atoms with Crippen LogP contribution in [0.1, 0.15) is 72.3 Å². The molecule has 2 aliphatic carbocycles. The quantitative estimate of drug-likeness (QED) is 0.237. The van der Waals surface area contributed by atoms with Crippen LogP contribution in [0.15, 0.2) is 83.2 Å². The monoisotopic (exact) mass is 673 g/mol. The van der Waals surface area contributed by atoms with Crippen molar-refractivity contribution in [1.29, 1.82) is 0 Å². The van der Waals surface area contributed by atoms with Crippen molar-refractivity contribution in [1.82, 2.24) is 4.90 Å². The van der Waals surface area contributed by atoms with Gasteiger partial charge in [0.2, 0.25) is 0 Å². The van der Waals surface area contributed by atoms with Crippen molar-refractivity contribution < 1.29 is 19.1 Å². The highest BCUT2D eigenvalue weighted by Crippen LogP contribution is 2.51. The number of rotatable bonds is 7. The van der Waals surface area contributed by atoms with Gasteiger partial charge in [-0.1, -0.05) is 59.7 Å². The molecule has 0 saturated heterocycles. The normalized spacial score (nSPS) is 17.4. The first-order valence-corrected chi connectivity index (χ1v) is 15.8. The van der Waals surface area contributed by atoms with E-state index < -0.39 is 5.92 Å². The minimum Gasteiger partial charge on any atom is -0.493 e. The van der Waals surface area contributed by atoms with Gasteiger partial charge in [-0.15, -0.1) is 0 Å². The molecule has 6 rings (SSSR count). The highest BCUT2D eigenvalue weighted by molar-refractivity contribution is 14.1. The molecule has 3 aromatic rings. The summed E-state index contributed by atoms with van der Waals surface area (Å²) < 4.78 is 13.1. The van der Waals surface area contributed by atoms with Crippen molar-refractivity contribution in [2.45, 2.75) is 71.4 Å². The minimum absolute atomic E-state index is 0.147. The van der Waals surface area contributed by atoms with E-state index in [9.17, 15) is 9.59 Å². The Hall–Kier alpha value is -3.39. The van der Waals surface area contributed by atoms with Gasteiger partial charge < -0.3 is 14.4 Å². The van der Waals surface area contributed by atoms with Crippen molar-refractivity contribution in [2.24, 2.45) is 0 Å². The molecule has 0 spiro atoms. The zero-order valence-electron chi connectivity index (χ0n) is 24.5. The molecule has 0 bridgehead atoms. The molecular weight excluding hydrogens is 637 g/mol. The second-order valence-corrected chi connectivity index (χ2v) is 12.8. The summed E-state index contributed by atoms with van der Waals surface area (Å²) >= 11 is 2.29. The maximum atomic E-state index is 13.7. The Morgan fingerprint density at radius 3 is 2.02 bits per heavy atom. The van der Waals surface area contributed by atoms with Gasteiger partial charge in [0.1, 0.15) is 6.61 Å². The molecule has 6 heteroatoms. The number of halogens is 1. The van der Waals surface area contributed by atoms with Gasteiger partial charge in [-0.05, 0) is 90.9 Å². The summed E-state index contributed by atoms with van der Waals surface area (Å²) in [6.07, 6.45) is 4.35. The van der Waals surface area contributed by atoms with Gasteiger partial charge in [-0.25, -0.2) is 0 Å². The molecule has 3 aromatic carbocycles. The Morgan fingerprint density at radius 2 is 1.43 bits per heavy atom. The lowest BCUT2D eigenvalue weighted by atomic mass is 9.71. The number of Topliss-reactive ketones (excluding diaryl/α,β-unsaturated/α-hetero) is 2. The standard InChI is InChI=1S/C36H36INO4/c1-22-15-23(2)17-25(16-22)21-42-36-27(37)18-26(19-32(36)41-3)33-34-28(11-7-13-30(34)39)38(20-24-9-5-4-6-10-24)29-12-8-14-31(40)35(29)33/h4-6,9-10,15-19,33H,7-8,11-14,20-21H2,1-3H3. The third-order valence-electron chi connectivity index (χ3n) is 8.52. The summed E-state index contributed by atoms with van der Waals surface area (Å²) in [5, 5.41) is 0. The first kappa shape index (κ1) is 28.7. The van der Waals surface area contributed by atoms with E-state index >= 15 is 0 Å². The van der Waals surface area contributed by atoms with E-state index in [1.54, 1.807) is 7.11 Å². The highest BCUT2D eigenvalue weighted by atomic mass is 127. The molecule has 0 aromatic heterocycles. The lowest BCUT2D eigenvalue weighted by Crippen LogP contribution is -2.38. The van der Waals surface area contributed by atoms with Crippen LogP contribution >= 0.6 is 22.6 Å². The molecule has 0 unspecified atom stereocenters. The number of ketones is 2. The molecule has 0 radical (unpaired) electrons. The van der Waals surface area contributed by atoms with Gasteiger partial charge >= 0.3 is 0 Å². The first-order valence-electron chi connectivity index (χ1n) is 14.8. The van der Waals surface area contributed by atoms with E-state index in [0.717, 1.165) is 62.9 Å². The SMILES string of the molecule is COc1cc(C2C3=C(CCCC3=O)N(Cc3ccccc3)C3=C2C(=O)CCC3)cc(I)c1OCc1cc(C)cc(C)c1. The Bertz CT molecular complexity index is 1560. The van der Waals surface area contributed by atoms with E-state index in [-0.39, 0.29) is 11.6 Å². The number of aryl methyl sites for hydroxylation is 2. The Labute approximate surface area is 261 Å². The number of nitrogens with zero attached hydrogens (tertiary/aromatic N) is 1. The van der Waals surface area contributed by atoms with Gasteiger partial charge in [0, 0.05) is 47.8 Å². The molecule has 0 fully saturated rings. The predicted molar refractivity (Wildman–Crippen MR) is 172 cm³/mol. The molecule has 0 saturated carbocycles. The number of ether oxygens (including phenoxy) is 2. The van der Waals surface area contributed by atoms with Crippen LogP contribution in [0, 0.1) is 17.4 Å². The largest absolute Gasteiger partial charge is 0.493 e. The Kier molecular flexibility index (Phi) is 8.26. The molecule has 1 heterocycles. The summed E-state index contributed by atoms with van der Waals surface area (Å²) in [6.45, 7) is 5.27. The van der Waals surface area contributed by atoms with Gasteiger partial charge in [0.25, 0.3) is 0 Å². The fourth-order valence-electron chi connectivity index (χ4n) is 6.86. The van der Waals surface area contributed by atoms with Crippen molar-refractivity contribution in [2.75, 3.05) is 7.11 Å². The maximum Gasteiger partial charge on any atom is 0.174 e. The third kappa shape index (κ3) is 5.53. The van der Waals surface area contributed by atoms with Gasteiger partial charge in [-0.3, -0.25) is 9.59 Å². The molecular formula is C36H36INO4. The number of benzene rings is 3. The second-order valence-electron chi connectivity index (χ2n) is 11.6. The second kappa shape index (κ2) is 12.1. The topological polar surface area (TPSA) is 55.8 Å². The summed E-state index contributed by atoms with van der Waals surface area (Å²) in [4.78, 5) is 29.8. The molecule has 0 atom stereocenters. The Balaban J connectivity index is 1.43. The van der Waals surface area contributed by atoms with Crippen LogP contribution in [0.5, 0.6) is 11.5 Å². The van der Waals surface area contributed by atoms with E-state index in [1.807, 2.05) is 24.3 Å². The average Bonchev–Trinajstić information content (AvgIpc) is 2.97. The van der Waals surface area contributed by atoms with Crippen LogP contribution in [0.4, 0.5) is 0 Å². The highest BCUT2D eigenvalue weighted by Gasteiger charge is 2.43. The van der Waals surface area contributed by atoms with Gasteiger partial charge in [-0.2, -0.15) is 0 Å². The number of hydrogen-bond acceptors (Lipinski definition) is 5. The molecule has 0 N–H and O–H groups in total. The van der Waals surface area contributed by atoms with Crippen LogP contribution in [0.2, 0.25) is 0 Å². The lowest BCUT2D eigenvalue weighted by molar-refractivity contribution is -0.117. The fourth-order valence-corrected chi connectivity index (χ4v) is 7.64. The van der Waals surface area contributed by atoms with Crippen molar-refractivity contribution in [3.63, 3.8) is 0 Å². The third-order valence-corrected chi connectivity index (χ3v) is 9.32. The summed E-state index contributed by atoms with van der Waals surface area (Å²) in [6, 6.07) is 20.8. The van der Waals surface area contributed by atoms with Crippen LogP contribution in [0.25, 0.3) is 0 Å². The van der Waals surface area contributed by atoms with E-state index in [2.05, 4.69) is 77.7 Å². The lowest BCUT2D eigenvalue weighted by Gasteiger charge is -2.44. The molecule has 5 nitrogen and oxygen atoms in total. The molecule has 216 valence electrons. The average molecular weight is 674 g/mol. The maximum absolute atomic E-state index is 13.7. The summed E-state index contributed by atoms with van der Waals surface area (Å²) in [5.74, 6) is 1.19. The van der Waals surface area contributed by atoms with E-state index in [1.165, 1.54) is 16.7 Å². The molecule has 1 aliphatic heterocycles. The minimum atomic E-state index is -0.390. The summed E-state index contributed by atoms with van der Waals surface area (Å²) in [5.41, 5.74) is 9.33. The van der Waals surface area contributed by atoms with Crippen molar-refractivity contribution >= 4 is 34.2 Å². The van der Waals surface area contributed by atoms with Crippen LogP contribution in [0.3, 0.4) is 0 Å².